The second-order valence-electron chi connectivity index (χ2n) is 6.05. The predicted molar refractivity (Wildman–Crippen MR) is 70.8 cm³/mol. The minimum atomic E-state index is -0.250. The van der Waals surface area contributed by atoms with Crippen LogP contribution < -0.4 is 5.73 Å². The quantitative estimate of drug-likeness (QED) is 0.800. The fourth-order valence-corrected chi connectivity index (χ4v) is 2.26. The highest BCUT2D eigenvalue weighted by Gasteiger charge is 2.25. The molecule has 0 aromatic rings. The summed E-state index contributed by atoms with van der Waals surface area (Å²) in [5.74, 6) is 0.226. The van der Waals surface area contributed by atoms with Crippen LogP contribution in [0.4, 0.5) is 0 Å². The van der Waals surface area contributed by atoms with Gasteiger partial charge in [-0.15, -0.1) is 0 Å². The number of hydrogen-bond acceptors (Lipinski definition) is 3. The summed E-state index contributed by atoms with van der Waals surface area (Å²) < 4.78 is 0. The molecule has 1 aliphatic heterocycles. The number of rotatable bonds is 4. The van der Waals surface area contributed by atoms with E-state index >= 15 is 0 Å². The summed E-state index contributed by atoms with van der Waals surface area (Å²) in [5.41, 5.74) is 5.66. The van der Waals surface area contributed by atoms with Gasteiger partial charge in [0.25, 0.3) is 0 Å². The largest absolute Gasteiger partial charge is 0.341 e. The number of carbonyl (C=O) groups excluding carboxylic acids is 1. The van der Waals surface area contributed by atoms with Gasteiger partial charge < -0.3 is 15.5 Å². The van der Waals surface area contributed by atoms with Crippen LogP contribution in [-0.2, 0) is 4.79 Å². The maximum absolute atomic E-state index is 12.0. The lowest BCUT2D eigenvalue weighted by Crippen LogP contribution is -2.47. The van der Waals surface area contributed by atoms with Crippen molar-refractivity contribution >= 4 is 5.91 Å². The molecule has 2 N–H and O–H groups in total. The van der Waals surface area contributed by atoms with E-state index in [0.717, 1.165) is 25.9 Å². The van der Waals surface area contributed by atoms with E-state index in [1.807, 2.05) is 25.8 Å². The van der Waals surface area contributed by atoms with E-state index in [1.165, 1.54) is 6.42 Å². The Hall–Kier alpha value is -0.610. The Morgan fingerprint density at radius 1 is 1.53 bits per heavy atom. The van der Waals surface area contributed by atoms with Gasteiger partial charge in [0.2, 0.25) is 5.91 Å². The number of likely N-dealkylation sites (tertiary alicyclic amines) is 1. The van der Waals surface area contributed by atoms with Gasteiger partial charge in [0.15, 0.2) is 0 Å². The van der Waals surface area contributed by atoms with Gasteiger partial charge in [0, 0.05) is 31.6 Å². The molecule has 0 bridgehead atoms. The van der Waals surface area contributed by atoms with Crippen LogP contribution in [0.5, 0.6) is 0 Å². The van der Waals surface area contributed by atoms with Crippen molar-refractivity contribution in [3.63, 3.8) is 0 Å². The lowest BCUT2D eigenvalue weighted by molar-refractivity contribution is -0.133. The molecule has 1 rings (SSSR count). The lowest BCUT2D eigenvalue weighted by Gasteiger charge is -2.36. The van der Waals surface area contributed by atoms with Gasteiger partial charge in [-0.25, -0.2) is 0 Å². The number of likely N-dealkylation sites (N-methyl/N-ethyl adjacent to an activating group) is 2. The van der Waals surface area contributed by atoms with E-state index in [9.17, 15) is 4.79 Å². The Morgan fingerprint density at radius 3 is 2.71 bits per heavy atom. The highest BCUT2D eigenvalue weighted by atomic mass is 16.2. The molecular formula is C13H27N3O. The predicted octanol–water partition coefficient (Wildman–Crippen LogP) is 1.06. The van der Waals surface area contributed by atoms with E-state index < -0.39 is 0 Å². The Bertz CT molecular complexity index is 260. The maximum Gasteiger partial charge on any atom is 0.222 e. The normalized spacial score (nSPS) is 22.5. The molecule has 100 valence electrons. The summed E-state index contributed by atoms with van der Waals surface area (Å²) in [6.45, 7) is 6.08. The van der Waals surface area contributed by atoms with Crippen LogP contribution in [0.1, 0.15) is 39.5 Å². The minimum absolute atomic E-state index is 0.226. The standard InChI is InChI=1S/C13H27N3O/c1-13(2,14)8-7-12(17)16(4)11-6-5-9-15(3)10-11/h11H,5-10,14H2,1-4H3. The van der Waals surface area contributed by atoms with Gasteiger partial charge in [-0.1, -0.05) is 0 Å². The van der Waals surface area contributed by atoms with Crippen LogP contribution in [0.3, 0.4) is 0 Å². The van der Waals surface area contributed by atoms with Crippen molar-refractivity contribution in [2.24, 2.45) is 5.73 Å². The SMILES string of the molecule is CN1CCCC(N(C)C(=O)CCC(C)(C)N)C1. The summed E-state index contributed by atoms with van der Waals surface area (Å²) in [4.78, 5) is 16.3. The molecule has 0 spiro atoms. The van der Waals surface area contributed by atoms with E-state index in [1.54, 1.807) is 0 Å². The molecule has 1 atom stereocenters. The Labute approximate surface area is 105 Å². The molecule has 1 heterocycles. The van der Waals surface area contributed by atoms with Crippen LogP contribution in [0, 0.1) is 0 Å². The van der Waals surface area contributed by atoms with Gasteiger partial charge in [-0.2, -0.15) is 0 Å². The van der Waals surface area contributed by atoms with Crippen LogP contribution in [-0.4, -0.2) is 54.5 Å². The van der Waals surface area contributed by atoms with Crippen molar-refractivity contribution in [2.75, 3.05) is 27.2 Å². The van der Waals surface area contributed by atoms with Crippen molar-refractivity contribution in [3.8, 4) is 0 Å². The van der Waals surface area contributed by atoms with E-state index in [4.69, 9.17) is 5.73 Å². The molecule has 0 radical (unpaired) electrons. The number of nitrogens with zero attached hydrogens (tertiary/aromatic N) is 2. The number of carbonyl (C=O) groups is 1. The average Bonchev–Trinajstić information content (AvgIpc) is 2.24. The van der Waals surface area contributed by atoms with Crippen molar-refractivity contribution < 1.29 is 4.79 Å². The lowest BCUT2D eigenvalue weighted by atomic mass is 9.98. The highest BCUT2D eigenvalue weighted by molar-refractivity contribution is 5.76. The molecule has 4 nitrogen and oxygen atoms in total. The van der Waals surface area contributed by atoms with Crippen LogP contribution in [0.25, 0.3) is 0 Å². The Morgan fingerprint density at radius 2 is 2.18 bits per heavy atom. The summed E-state index contributed by atoms with van der Waals surface area (Å²) in [6.07, 6.45) is 3.61. The number of nitrogens with two attached hydrogens (primary N) is 1. The van der Waals surface area contributed by atoms with E-state index in [0.29, 0.717) is 12.5 Å². The molecule has 1 fully saturated rings. The second-order valence-corrected chi connectivity index (χ2v) is 6.05. The summed E-state index contributed by atoms with van der Waals surface area (Å²) >= 11 is 0. The fourth-order valence-electron chi connectivity index (χ4n) is 2.26. The van der Waals surface area contributed by atoms with Crippen LogP contribution >= 0.6 is 0 Å². The third-order valence-electron chi connectivity index (χ3n) is 3.52. The van der Waals surface area contributed by atoms with E-state index in [-0.39, 0.29) is 11.4 Å². The molecule has 0 saturated carbocycles. The first-order valence-corrected chi connectivity index (χ1v) is 6.53. The maximum atomic E-state index is 12.0. The van der Waals surface area contributed by atoms with Gasteiger partial charge in [-0.05, 0) is 46.7 Å². The molecule has 0 aromatic heterocycles. The number of piperidine rings is 1. The molecule has 17 heavy (non-hydrogen) atoms. The number of amides is 1. The van der Waals surface area contributed by atoms with Crippen LogP contribution in [0.15, 0.2) is 0 Å². The summed E-state index contributed by atoms with van der Waals surface area (Å²) in [5, 5.41) is 0. The zero-order valence-electron chi connectivity index (χ0n) is 11.7. The van der Waals surface area contributed by atoms with Crippen molar-refractivity contribution in [3.05, 3.63) is 0 Å². The Balaban J connectivity index is 2.40. The topological polar surface area (TPSA) is 49.6 Å². The molecular weight excluding hydrogens is 214 g/mol. The summed E-state index contributed by atoms with van der Waals surface area (Å²) in [7, 11) is 4.04. The average molecular weight is 241 g/mol. The van der Waals surface area contributed by atoms with Crippen molar-refractivity contribution in [1.82, 2.24) is 9.80 Å². The fraction of sp³-hybridized carbons (Fsp3) is 0.923. The Kier molecular flexibility index (Phi) is 4.95. The molecule has 1 unspecified atom stereocenters. The van der Waals surface area contributed by atoms with Crippen molar-refractivity contribution in [1.29, 1.82) is 0 Å². The van der Waals surface area contributed by atoms with Gasteiger partial charge in [0.1, 0.15) is 0 Å². The zero-order valence-corrected chi connectivity index (χ0v) is 11.7. The first kappa shape index (κ1) is 14.5. The van der Waals surface area contributed by atoms with E-state index in [2.05, 4.69) is 11.9 Å². The third-order valence-corrected chi connectivity index (χ3v) is 3.52. The smallest absolute Gasteiger partial charge is 0.222 e. The first-order chi connectivity index (χ1) is 7.79. The van der Waals surface area contributed by atoms with Gasteiger partial charge in [-0.3, -0.25) is 4.79 Å². The minimum Gasteiger partial charge on any atom is -0.341 e. The second kappa shape index (κ2) is 5.83. The van der Waals surface area contributed by atoms with Gasteiger partial charge >= 0.3 is 0 Å². The molecule has 0 aromatic carbocycles. The van der Waals surface area contributed by atoms with Crippen LogP contribution in [0.2, 0.25) is 0 Å². The molecule has 1 saturated heterocycles. The monoisotopic (exact) mass is 241 g/mol. The highest BCUT2D eigenvalue weighted by Crippen LogP contribution is 2.16. The molecule has 1 amide bonds. The van der Waals surface area contributed by atoms with Crippen molar-refractivity contribution in [2.45, 2.75) is 51.1 Å². The van der Waals surface area contributed by atoms with Gasteiger partial charge in [0.05, 0.1) is 0 Å². The molecule has 1 aliphatic rings. The third kappa shape index (κ3) is 5.04. The number of hydrogen-bond donors (Lipinski definition) is 1. The first-order valence-electron chi connectivity index (χ1n) is 6.53. The summed E-state index contributed by atoms with van der Waals surface area (Å²) in [6, 6.07) is 0.377. The zero-order chi connectivity index (χ0) is 13.1. The molecule has 4 heteroatoms. The molecule has 0 aliphatic carbocycles.